The molecule has 37 heavy (non-hydrogen) atoms. The van der Waals surface area contributed by atoms with E-state index in [4.69, 9.17) is 15.0 Å². The van der Waals surface area contributed by atoms with E-state index in [0.717, 1.165) is 61.0 Å². The van der Waals surface area contributed by atoms with E-state index >= 15 is 0 Å². The number of benzene rings is 2. The van der Waals surface area contributed by atoms with E-state index in [0.29, 0.717) is 18.2 Å². The van der Waals surface area contributed by atoms with Gasteiger partial charge in [0.15, 0.2) is 0 Å². The standard InChI is InChI=1S/C29H40N8/c1-20(2)37(21(3)30-4)18-10-13-27-33-28(35-29(34-27)36-16-8-5-9-17-36)31-22-14-15-26-24(19-22)23-11-6-7-12-25(23)32-26/h6-7,11-12,14-15,19-21,30,32H,5,8-10,13,16-18H2,1-4H3,(H,31,33,34,35). The normalized spacial score (nSPS) is 15.2. The maximum atomic E-state index is 4.91. The van der Waals surface area contributed by atoms with Crippen LogP contribution in [0.5, 0.6) is 0 Å². The molecule has 1 atom stereocenters. The van der Waals surface area contributed by atoms with Gasteiger partial charge in [-0.15, -0.1) is 0 Å². The minimum absolute atomic E-state index is 0.332. The van der Waals surface area contributed by atoms with Gasteiger partial charge in [0, 0.05) is 59.6 Å². The Balaban J connectivity index is 1.39. The molecule has 1 saturated heterocycles. The highest BCUT2D eigenvalue weighted by molar-refractivity contribution is 6.08. The lowest BCUT2D eigenvalue weighted by Crippen LogP contribution is -2.46. The first kappa shape index (κ1) is 25.4. The zero-order chi connectivity index (χ0) is 25.8. The number of piperidine rings is 1. The summed E-state index contributed by atoms with van der Waals surface area (Å²) in [7, 11) is 2.02. The lowest BCUT2D eigenvalue weighted by atomic mass is 10.1. The first-order chi connectivity index (χ1) is 18.0. The predicted molar refractivity (Wildman–Crippen MR) is 154 cm³/mol. The quantitative estimate of drug-likeness (QED) is 0.250. The Bertz CT molecular complexity index is 1320. The fourth-order valence-electron chi connectivity index (χ4n) is 5.35. The predicted octanol–water partition coefficient (Wildman–Crippen LogP) is 5.45. The van der Waals surface area contributed by atoms with Crippen LogP contribution in [0.3, 0.4) is 0 Å². The van der Waals surface area contributed by atoms with Gasteiger partial charge in [-0.25, -0.2) is 0 Å². The molecule has 0 spiro atoms. The molecule has 3 N–H and O–H groups in total. The topological polar surface area (TPSA) is 85.0 Å². The summed E-state index contributed by atoms with van der Waals surface area (Å²) in [6.07, 6.45) is 5.80. The lowest BCUT2D eigenvalue weighted by molar-refractivity contribution is 0.143. The molecule has 4 aromatic rings. The van der Waals surface area contributed by atoms with Crippen LogP contribution >= 0.6 is 0 Å². The van der Waals surface area contributed by atoms with Crippen molar-refractivity contribution < 1.29 is 0 Å². The van der Waals surface area contributed by atoms with Gasteiger partial charge >= 0.3 is 0 Å². The van der Waals surface area contributed by atoms with Gasteiger partial charge in [-0.1, -0.05) is 18.2 Å². The van der Waals surface area contributed by atoms with Crippen LogP contribution in [0.15, 0.2) is 42.5 Å². The Morgan fingerprint density at radius 1 is 0.946 bits per heavy atom. The average Bonchev–Trinajstić information content (AvgIpc) is 3.29. The van der Waals surface area contributed by atoms with Crippen LogP contribution in [-0.2, 0) is 6.42 Å². The van der Waals surface area contributed by atoms with Crippen molar-refractivity contribution in [1.29, 1.82) is 0 Å². The third-order valence-electron chi connectivity index (χ3n) is 7.47. The first-order valence-electron chi connectivity index (χ1n) is 13.7. The molecule has 196 valence electrons. The van der Waals surface area contributed by atoms with E-state index in [1.54, 1.807) is 0 Å². The van der Waals surface area contributed by atoms with Gasteiger partial charge < -0.3 is 20.5 Å². The summed E-state index contributed by atoms with van der Waals surface area (Å²) in [6.45, 7) is 9.71. The summed E-state index contributed by atoms with van der Waals surface area (Å²) >= 11 is 0. The molecule has 0 radical (unpaired) electrons. The summed E-state index contributed by atoms with van der Waals surface area (Å²) in [5.41, 5.74) is 3.25. The second-order valence-electron chi connectivity index (χ2n) is 10.4. The zero-order valence-corrected chi connectivity index (χ0v) is 22.6. The Labute approximate surface area is 219 Å². The molecular formula is C29H40N8. The summed E-state index contributed by atoms with van der Waals surface area (Å²) in [4.78, 5) is 22.9. The summed E-state index contributed by atoms with van der Waals surface area (Å²) in [6, 6.07) is 15.3. The minimum Gasteiger partial charge on any atom is -0.355 e. The molecule has 0 bridgehead atoms. The highest BCUT2D eigenvalue weighted by atomic mass is 15.3. The number of aryl methyl sites for hydroxylation is 1. The Morgan fingerprint density at radius 3 is 2.51 bits per heavy atom. The van der Waals surface area contributed by atoms with Crippen LogP contribution < -0.4 is 15.5 Å². The number of para-hydroxylation sites is 1. The van der Waals surface area contributed by atoms with Crippen LogP contribution in [0.1, 0.15) is 52.3 Å². The highest BCUT2D eigenvalue weighted by Gasteiger charge is 2.18. The zero-order valence-electron chi connectivity index (χ0n) is 22.6. The van der Waals surface area contributed by atoms with Crippen molar-refractivity contribution in [2.45, 2.75) is 65.1 Å². The number of rotatable bonds is 10. The largest absolute Gasteiger partial charge is 0.355 e. The van der Waals surface area contributed by atoms with Gasteiger partial charge in [-0.3, -0.25) is 4.90 Å². The Morgan fingerprint density at radius 2 is 1.73 bits per heavy atom. The number of hydrogen-bond acceptors (Lipinski definition) is 7. The van der Waals surface area contributed by atoms with E-state index in [9.17, 15) is 0 Å². The van der Waals surface area contributed by atoms with Gasteiger partial charge in [-0.05, 0) is 77.8 Å². The van der Waals surface area contributed by atoms with E-state index in [1.165, 1.54) is 30.0 Å². The van der Waals surface area contributed by atoms with Crippen molar-refractivity contribution in [3.05, 3.63) is 48.3 Å². The highest BCUT2D eigenvalue weighted by Crippen LogP contribution is 2.29. The molecule has 2 aromatic carbocycles. The molecular weight excluding hydrogens is 460 g/mol. The maximum absolute atomic E-state index is 4.91. The van der Waals surface area contributed by atoms with E-state index in [-0.39, 0.29) is 0 Å². The van der Waals surface area contributed by atoms with Crippen LogP contribution in [0.4, 0.5) is 17.6 Å². The summed E-state index contributed by atoms with van der Waals surface area (Å²) < 4.78 is 0. The van der Waals surface area contributed by atoms with Crippen molar-refractivity contribution in [3.8, 4) is 0 Å². The Hall–Kier alpha value is -3.23. The third-order valence-corrected chi connectivity index (χ3v) is 7.47. The van der Waals surface area contributed by atoms with Gasteiger partial charge in [-0.2, -0.15) is 15.0 Å². The van der Waals surface area contributed by atoms with Crippen molar-refractivity contribution in [3.63, 3.8) is 0 Å². The SMILES string of the molecule is CNC(C)N(CCCc1nc(Nc2ccc3[nH]c4ccccc4c3c2)nc(N2CCCCC2)n1)C(C)C. The van der Waals surface area contributed by atoms with E-state index < -0.39 is 0 Å². The van der Waals surface area contributed by atoms with Crippen LogP contribution in [-0.4, -0.2) is 63.7 Å². The maximum Gasteiger partial charge on any atom is 0.232 e. The van der Waals surface area contributed by atoms with Crippen LogP contribution in [0.2, 0.25) is 0 Å². The molecule has 1 fully saturated rings. The van der Waals surface area contributed by atoms with Gasteiger partial charge in [0.1, 0.15) is 5.82 Å². The minimum atomic E-state index is 0.332. The molecule has 2 aromatic heterocycles. The molecule has 1 aliphatic heterocycles. The van der Waals surface area contributed by atoms with Gasteiger partial charge in [0.05, 0.1) is 6.17 Å². The number of hydrogen-bond donors (Lipinski definition) is 3. The number of anilines is 3. The summed E-state index contributed by atoms with van der Waals surface area (Å²) in [5.74, 6) is 2.27. The number of H-pyrrole nitrogens is 1. The number of nitrogens with zero attached hydrogens (tertiary/aromatic N) is 5. The second-order valence-corrected chi connectivity index (χ2v) is 10.4. The number of fused-ring (bicyclic) bond motifs is 3. The van der Waals surface area contributed by atoms with Crippen molar-refractivity contribution >= 4 is 39.4 Å². The second kappa shape index (κ2) is 11.4. The number of aromatic nitrogens is 4. The number of aromatic amines is 1. The third kappa shape index (κ3) is 5.86. The fraction of sp³-hybridized carbons (Fsp3) is 0.483. The van der Waals surface area contributed by atoms with Crippen LogP contribution in [0.25, 0.3) is 21.8 Å². The Kier molecular flexibility index (Phi) is 7.86. The van der Waals surface area contributed by atoms with E-state index in [1.807, 2.05) is 7.05 Å². The van der Waals surface area contributed by atoms with E-state index in [2.05, 4.69) is 88.7 Å². The molecule has 8 heteroatoms. The first-order valence-corrected chi connectivity index (χ1v) is 13.7. The lowest BCUT2D eigenvalue weighted by Gasteiger charge is -2.32. The van der Waals surface area contributed by atoms with Gasteiger partial charge in [0.25, 0.3) is 0 Å². The monoisotopic (exact) mass is 500 g/mol. The molecule has 0 saturated carbocycles. The van der Waals surface area contributed by atoms with Gasteiger partial charge in [0.2, 0.25) is 11.9 Å². The van der Waals surface area contributed by atoms with Crippen molar-refractivity contribution in [1.82, 2.24) is 30.2 Å². The molecule has 3 heterocycles. The smallest absolute Gasteiger partial charge is 0.232 e. The van der Waals surface area contributed by atoms with Crippen molar-refractivity contribution in [2.75, 3.05) is 36.9 Å². The molecule has 8 nitrogen and oxygen atoms in total. The fourth-order valence-corrected chi connectivity index (χ4v) is 5.35. The molecule has 5 rings (SSSR count). The summed E-state index contributed by atoms with van der Waals surface area (Å²) in [5, 5.41) is 9.28. The average molecular weight is 501 g/mol. The van der Waals surface area contributed by atoms with Crippen LogP contribution in [0, 0.1) is 0 Å². The molecule has 1 unspecified atom stereocenters. The molecule has 0 aliphatic carbocycles. The molecule has 1 aliphatic rings. The molecule has 0 amide bonds. The number of nitrogens with one attached hydrogen (secondary N) is 3. The van der Waals surface area contributed by atoms with Crippen molar-refractivity contribution in [2.24, 2.45) is 0 Å².